The number of nitrogens with zero attached hydrogens (tertiary/aromatic N) is 2. The Bertz CT molecular complexity index is 792. The molecule has 1 saturated heterocycles. The summed E-state index contributed by atoms with van der Waals surface area (Å²) >= 11 is 0. The molecule has 0 spiro atoms. The molecule has 1 fully saturated rings. The second kappa shape index (κ2) is 6.39. The van der Waals surface area contributed by atoms with Crippen molar-refractivity contribution < 1.29 is 13.6 Å². The number of carbonyl (C=O) groups excluding carboxylic acids is 1. The molecule has 0 aliphatic carbocycles. The van der Waals surface area contributed by atoms with Gasteiger partial charge in [0, 0.05) is 13.1 Å². The average Bonchev–Trinajstić information content (AvgIpc) is 3.29. The number of hydrogen-bond acceptors (Lipinski definition) is 5. The van der Waals surface area contributed by atoms with E-state index in [0.29, 0.717) is 19.1 Å². The van der Waals surface area contributed by atoms with Gasteiger partial charge in [-0.05, 0) is 37.1 Å². The van der Waals surface area contributed by atoms with Crippen LogP contribution in [0.15, 0.2) is 51.5 Å². The molecule has 1 aliphatic rings. The molecule has 1 aromatic carbocycles. The second-order valence-electron chi connectivity index (χ2n) is 6.05. The maximum absolute atomic E-state index is 12.4. The number of fused-ring (bicyclic) bond motifs is 1. The third kappa shape index (κ3) is 2.99. The van der Waals surface area contributed by atoms with Gasteiger partial charge in [-0.25, -0.2) is 0 Å². The van der Waals surface area contributed by atoms with Gasteiger partial charge in [0.1, 0.15) is 11.3 Å². The van der Waals surface area contributed by atoms with Crippen LogP contribution in [0.5, 0.6) is 0 Å². The normalized spacial score (nSPS) is 18.0. The van der Waals surface area contributed by atoms with Gasteiger partial charge in [-0.3, -0.25) is 4.79 Å². The number of furan rings is 1. The topological polar surface area (TPSA) is 71.5 Å². The lowest BCUT2D eigenvalue weighted by molar-refractivity contribution is -0.125. The first-order chi connectivity index (χ1) is 11.8. The molecule has 4 rings (SSSR count). The quantitative estimate of drug-likeness (QED) is 0.798. The van der Waals surface area contributed by atoms with Crippen LogP contribution in [-0.2, 0) is 11.3 Å². The van der Waals surface area contributed by atoms with Crippen molar-refractivity contribution in [2.24, 2.45) is 5.92 Å². The van der Waals surface area contributed by atoms with Gasteiger partial charge in [0.15, 0.2) is 5.58 Å². The van der Waals surface area contributed by atoms with E-state index in [0.717, 1.165) is 36.2 Å². The fraction of sp³-hybridized carbons (Fsp3) is 0.333. The van der Waals surface area contributed by atoms with Gasteiger partial charge >= 0.3 is 0 Å². The van der Waals surface area contributed by atoms with E-state index < -0.39 is 0 Å². The van der Waals surface area contributed by atoms with Crippen LogP contribution in [0.2, 0.25) is 0 Å². The van der Waals surface area contributed by atoms with Crippen molar-refractivity contribution >= 4 is 23.0 Å². The second-order valence-corrected chi connectivity index (χ2v) is 6.05. The molecule has 0 bridgehead atoms. The van der Waals surface area contributed by atoms with Gasteiger partial charge in [-0.2, -0.15) is 4.98 Å². The predicted octanol–water partition coefficient (Wildman–Crippen LogP) is 2.95. The smallest absolute Gasteiger partial charge is 0.298 e. The number of aromatic nitrogens is 1. The zero-order valence-corrected chi connectivity index (χ0v) is 13.3. The number of oxazole rings is 1. The fourth-order valence-corrected chi connectivity index (χ4v) is 3.09. The van der Waals surface area contributed by atoms with Crippen molar-refractivity contribution in [2.75, 3.05) is 18.0 Å². The Balaban J connectivity index is 1.42. The number of amides is 1. The van der Waals surface area contributed by atoms with Crippen molar-refractivity contribution in [1.82, 2.24) is 10.3 Å². The first-order valence-electron chi connectivity index (χ1n) is 8.20. The summed E-state index contributed by atoms with van der Waals surface area (Å²) in [6, 6.07) is 12.0. The highest BCUT2D eigenvalue weighted by Crippen LogP contribution is 2.26. The summed E-state index contributed by atoms with van der Waals surface area (Å²) in [5.74, 6) is 0.742. The van der Waals surface area contributed by atoms with Crippen molar-refractivity contribution in [3.8, 4) is 0 Å². The highest BCUT2D eigenvalue weighted by molar-refractivity contribution is 5.79. The van der Waals surface area contributed by atoms with E-state index in [1.807, 2.05) is 36.4 Å². The molecular weight excluding hydrogens is 306 g/mol. The Labute approximate surface area is 139 Å². The summed E-state index contributed by atoms with van der Waals surface area (Å²) in [6.07, 6.45) is 3.43. The zero-order valence-electron chi connectivity index (χ0n) is 13.3. The van der Waals surface area contributed by atoms with Crippen LogP contribution in [0.1, 0.15) is 18.6 Å². The van der Waals surface area contributed by atoms with Crippen LogP contribution in [0.25, 0.3) is 11.1 Å². The van der Waals surface area contributed by atoms with Gasteiger partial charge in [0.25, 0.3) is 6.01 Å². The van der Waals surface area contributed by atoms with Crippen molar-refractivity contribution in [1.29, 1.82) is 0 Å². The summed E-state index contributed by atoms with van der Waals surface area (Å²) < 4.78 is 11.1. The molecule has 3 aromatic rings. The van der Waals surface area contributed by atoms with Crippen molar-refractivity contribution in [3.63, 3.8) is 0 Å². The van der Waals surface area contributed by atoms with E-state index in [1.165, 1.54) is 0 Å². The summed E-state index contributed by atoms with van der Waals surface area (Å²) in [7, 11) is 0. The number of carbonyl (C=O) groups is 1. The largest absolute Gasteiger partial charge is 0.467 e. The molecule has 2 aromatic heterocycles. The van der Waals surface area contributed by atoms with Gasteiger partial charge < -0.3 is 19.1 Å². The predicted molar refractivity (Wildman–Crippen MR) is 89.5 cm³/mol. The van der Waals surface area contributed by atoms with E-state index in [1.54, 1.807) is 6.26 Å². The van der Waals surface area contributed by atoms with Crippen molar-refractivity contribution in [2.45, 2.75) is 19.4 Å². The minimum atomic E-state index is -0.0660. The third-order valence-electron chi connectivity index (χ3n) is 4.36. The van der Waals surface area contributed by atoms with E-state index in [9.17, 15) is 4.79 Å². The Morgan fingerprint density at radius 3 is 3.04 bits per heavy atom. The van der Waals surface area contributed by atoms with Gasteiger partial charge in [0.2, 0.25) is 5.91 Å². The molecule has 1 atom stereocenters. The van der Waals surface area contributed by atoms with Crippen LogP contribution < -0.4 is 10.2 Å². The zero-order chi connectivity index (χ0) is 16.4. The number of hydrogen-bond donors (Lipinski definition) is 1. The highest BCUT2D eigenvalue weighted by atomic mass is 16.4. The van der Waals surface area contributed by atoms with E-state index in [4.69, 9.17) is 8.83 Å². The molecule has 124 valence electrons. The van der Waals surface area contributed by atoms with E-state index >= 15 is 0 Å². The van der Waals surface area contributed by atoms with E-state index in [2.05, 4.69) is 15.2 Å². The molecule has 6 heteroatoms. The number of piperidine rings is 1. The standard InChI is InChI=1S/C18H19N3O3/c22-17(19-11-14-6-4-10-23-14)13-5-3-9-21(12-13)18-20-15-7-1-2-8-16(15)24-18/h1-2,4,6-8,10,13H,3,5,9,11-12H2,(H,19,22). The summed E-state index contributed by atoms with van der Waals surface area (Å²) in [6.45, 7) is 1.90. The SMILES string of the molecule is O=C(NCc1ccco1)C1CCCN(c2nc3ccccc3o2)C1. The number of nitrogens with one attached hydrogen (secondary N) is 1. The van der Waals surface area contributed by atoms with Gasteiger partial charge in [-0.1, -0.05) is 12.1 Å². The monoisotopic (exact) mass is 325 g/mol. The number of benzene rings is 1. The minimum absolute atomic E-state index is 0.0483. The van der Waals surface area contributed by atoms with Gasteiger partial charge in [-0.15, -0.1) is 0 Å². The molecule has 24 heavy (non-hydrogen) atoms. The molecule has 6 nitrogen and oxygen atoms in total. The molecular formula is C18H19N3O3. The maximum atomic E-state index is 12.4. The summed E-state index contributed by atoms with van der Waals surface area (Å²) in [4.78, 5) is 19.0. The molecule has 0 radical (unpaired) electrons. The van der Waals surface area contributed by atoms with Gasteiger partial charge in [0.05, 0.1) is 18.7 Å². The minimum Gasteiger partial charge on any atom is -0.467 e. The number of anilines is 1. The molecule has 1 unspecified atom stereocenters. The average molecular weight is 325 g/mol. The first-order valence-corrected chi connectivity index (χ1v) is 8.20. The van der Waals surface area contributed by atoms with Crippen LogP contribution in [-0.4, -0.2) is 24.0 Å². The Morgan fingerprint density at radius 2 is 2.21 bits per heavy atom. The fourth-order valence-electron chi connectivity index (χ4n) is 3.09. The Morgan fingerprint density at radius 1 is 1.29 bits per heavy atom. The lowest BCUT2D eigenvalue weighted by Crippen LogP contribution is -2.43. The Hall–Kier alpha value is -2.76. The van der Waals surface area contributed by atoms with E-state index in [-0.39, 0.29) is 11.8 Å². The molecule has 3 heterocycles. The molecule has 1 amide bonds. The lowest BCUT2D eigenvalue weighted by Gasteiger charge is -2.30. The highest BCUT2D eigenvalue weighted by Gasteiger charge is 2.28. The maximum Gasteiger partial charge on any atom is 0.298 e. The third-order valence-corrected chi connectivity index (χ3v) is 4.36. The summed E-state index contributed by atoms with van der Waals surface area (Å²) in [5.41, 5.74) is 1.62. The summed E-state index contributed by atoms with van der Waals surface area (Å²) in [5, 5.41) is 2.94. The molecule has 1 aliphatic heterocycles. The first kappa shape index (κ1) is 14.8. The molecule has 1 N–H and O–H groups in total. The molecule has 0 saturated carbocycles. The number of rotatable bonds is 4. The van der Waals surface area contributed by atoms with Crippen LogP contribution in [0, 0.1) is 5.92 Å². The van der Waals surface area contributed by atoms with Crippen molar-refractivity contribution in [3.05, 3.63) is 48.4 Å². The lowest BCUT2D eigenvalue weighted by atomic mass is 9.97. The Kier molecular flexibility index (Phi) is 3.94. The van der Waals surface area contributed by atoms with Crippen LogP contribution in [0.3, 0.4) is 0 Å². The van der Waals surface area contributed by atoms with Crippen LogP contribution in [0.4, 0.5) is 6.01 Å². The van der Waals surface area contributed by atoms with Crippen LogP contribution >= 0.6 is 0 Å². The number of para-hydroxylation sites is 2.